The summed E-state index contributed by atoms with van der Waals surface area (Å²) in [7, 11) is 0. The molecule has 1 saturated heterocycles. The lowest BCUT2D eigenvalue weighted by atomic mass is 9.89. The van der Waals surface area contributed by atoms with E-state index < -0.39 is 0 Å². The van der Waals surface area contributed by atoms with Crippen molar-refractivity contribution < 1.29 is 9.53 Å². The summed E-state index contributed by atoms with van der Waals surface area (Å²) < 4.78 is 5.35. The van der Waals surface area contributed by atoms with E-state index in [1.54, 1.807) is 0 Å². The number of likely N-dealkylation sites (tertiary alicyclic amines) is 1. The smallest absolute Gasteiger partial charge is 0.410 e. The fourth-order valence-electron chi connectivity index (χ4n) is 1.76. The van der Waals surface area contributed by atoms with Crippen LogP contribution in [0.4, 0.5) is 4.79 Å². The zero-order valence-corrected chi connectivity index (χ0v) is 10.5. The van der Waals surface area contributed by atoms with Crippen LogP contribution < -0.4 is 0 Å². The molecule has 0 N–H and O–H groups in total. The van der Waals surface area contributed by atoms with Gasteiger partial charge in [0, 0.05) is 13.1 Å². The van der Waals surface area contributed by atoms with Crippen LogP contribution in [0.3, 0.4) is 0 Å². The van der Waals surface area contributed by atoms with Crippen LogP contribution in [0.1, 0.15) is 41.0 Å². The molecule has 0 bridgehead atoms. The molecule has 1 fully saturated rings. The summed E-state index contributed by atoms with van der Waals surface area (Å²) in [6.07, 6.45) is 0.918. The standard InChI is InChI=1S/C12H23NO2/c1-9-6-7-13(8-10(9)2)11(14)15-12(3,4)5/h9-10H,6-8H2,1-5H3/t9-,10?/m0/s1. The number of amides is 1. The predicted octanol–water partition coefficient (Wildman–Crippen LogP) is 2.90. The molecule has 15 heavy (non-hydrogen) atoms. The Morgan fingerprint density at radius 1 is 1.27 bits per heavy atom. The van der Waals surface area contributed by atoms with E-state index in [-0.39, 0.29) is 11.7 Å². The van der Waals surface area contributed by atoms with Gasteiger partial charge in [0.15, 0.2) is 0 Å². The average molecular weight is 213 g/mol. The van der Waals surface area contributed by atoms with Crippen LogP contribution in [0.15, 0.2) is 0 Å². The van der Waals surface area contributed by atoms with Gasteiger partial charge in [0.05, 0.1) is 0 Å². The lowest BCUT2D eigenvalue weighted by molar-refractivity contribution is 0.0128. The van der Waals surface area contributed by atoms with Gasteiger partial charge >= 0.3 is 6.09 Å². The molecular formula is C12H23NO2. The second kappa shape index (κ2) is 4.42. The second-order valence-corrected chi connectivity index (χ2v) is 5.67. The molecule has 88 valence electrons. The highest BCUT2D eigenvalue weighted by molar-refractivity contribution is 5.68. The van der Waals surface area contributed by atoms with Crippen LogP contribution in [-0.4, -0.2) is 29.7 Å². The summed E-state index contributed by atoms with van der Waals surface area (Å²) in [5.41, 5.74) is -0.386. The summed E-state index contributed by atoms with van der Waals surface area (Å²) in [5, 5.41) is 0. The van der Waals surface area contributed by atoms with Crippen molar-refractivity contribution in [3.05, 3.63) is 0 Å². The van der Waals surface area contributed by atoms with Gasteiger partial charge in [-0.15, -0.1) is 0 Å². The molecule has 1 amide bonds. The number of hydrogen-bond acceptors (Lipinski definition) is 2. The third kappa shape index (κ3) is 3.73. The molecule has 3 heteroatoms. The fraction of sp³-hybridized carbons (Fsp3) is 0.917. The van der Waals surface area contributed by atoms with E-state index in [0.29, 0.717) is 11.8 Å². The Hall–Kier alpha value is -0.730. The average Bonchev–Trinajstić information content (AvgIpc) is 2.06. The van der Waals surface area contributed by atoms with Crippen LogP contribution in [0.2, 0.25) is 0 Å². The highest BCUT2D eigenvalue weighted by atomic mass is 16.6. The molecule has 1 aliphatic rings. The van der Waals surface area contributed by atoms with Crippen molar-refractivity contribution in [2.75, 3.05) is 13.1 Å². The van der Waals surface area contributed by atoms with Gasteiger partial charge in [-0.25, -0.2) is 4.79 Å². The zero-order chi connectivity index (χ0) is 11.6. The number of carbonyl (C=O) groups is 1. The Morgan fingerprint density at radius 3 is 2.33 bits per heavy atom. The molecule has 1 unspecified atom stereocenters. The zero-order valence-electron chi connectivity index (χ0n) is 10.5. The monoisotopic (exact) mass is 213 g/mol. The van der Waals surface area contributed by atoms with Crippen molar-refractivity contribution in [1.82, 2.24) is 4.90 Å². The molecule has 1 aliphatic heterocycles. The predicted molar refractivity (Wildman–Crippen MR) is 60.8 cm³/mol. The van der Waals surface area contributed by atoms with E-state index in [9.17, 15) is 4.79 Å². The van der Waals surface area contributed by atoms with Crippen LogP contribution in [0, 0.1) is 11.8 Å². The first kappa shape index (κ1) is 12.3. The lowest BCUT2D eigenvalue weighted by Crippen LogP contribution is -2.44. The van der Waals surface area contributed by atoms with Crippen LogP contribution in [0.5, 0.6) is 0 Å². The maximum atomic E-state index is 11.8. The number of hydrogen-bond donors (Lipinski definition) is 0. The number of nitrogens with zero attached hydrogens (tertiary/aromatic N) is 1. The largest absolute Gasteiger partial charge is 0.444 e. The highest BCUT2D eigenvalue weighted by Crippen LogP contribution is 2.23. The maximum absolute atomic E-state index is 11.8. The molecule has 0 radical (unpaired) electrons. The second-order valence-electron chi connectivity index (χ2n) is 5.67. The summed E-state index contributed by atoms with van der Waals surface area (Å²) >= 11 is 0. The molecule has 1 rings (SSSR count). The third-order valence-corrected chi connectivity index (χ3v) is 2.99. The molecule has 0 aromatic rings. The van der Waals surface area contributed by atoms with Gasteiger partial charge in [-0.05, 0) is 39.0 Å². The minimum absolute atomic E-state index is 0.166. The molecule has 0 aliphatic carbocycles. The lowest BCUT2D eigenvalue weighted by Gasteiger charge is -2.36. The highest BCUT2D eigenvalue weighted by Gasteiger charge is 2.28. The van der Waals surface area contributed by atoms with Crippen molar-refractivity contribution in [2.45, 2.75) is 46.6 Å². The Morgan fingerprint density at radius 2 is 1.87 bits per heavy atom. The van der Waals surface area contributed by atoms with Gasteiger partial charge in [0.2, 0.25) is 0 Å². The van der Waals surface area contributed by atoms with Gasteiger partial charge in [-0.3, -0.25) is 0 Å². The van der Waals surface area contributed by atoms with Crippen LogP contribution in [0.25, 0.3) is 0 Å². The Balaban J connectivity index is 2.48. The van der Waals surface area contributed by atoms with Crippen molar-refractivity contribution in [1.29, 1.82) is 0 Å². The molecule has 0 spiro atoms. The fourth-order valence-corrected chi connectivity index (χ4v) is 1.76. The quantitative estimate of drug-likeness (QED) is 0.619. The van der Waals surface area contributed by atoms with E-state index in [4.69, 9.17) is 4.74 Å². The first-order valence-electron chi connectivity index (χ1n) is 5.77. The number of rotatable bonds is 0. The van der Waals surface area contributed by atoms with Crippen molar-refractivity contribution in [2.24, 2.45) is 11.8 Å². The van der Waals surface area contributed by atoms with Crippen molar-refractivity contribution in [3.63, 3.8) is 0 Å². The third-order valence-electron chi connectivity index (χ3n) is 2.99. The van der Waals surface area contributed by atoms with Crippen molar-refractivity contribution in [3.8, 4) is 0 Å². The van der Waals surface area contributed by atoms with Crippen LogP contribution in [-0.2, 0) is 4.74 Å². The Labute approximate surface area is 92.8 Å². The SMILES string of the molecule is CC1CN(C(=O)OC(C)(C)C)CC[C@@H]1C. The topological polar surface area (TPSA) is 29.5 Å². The molecule has 3 nitrogen and oxygen atoms in total. The first-order valence-corrected chi connectivity index (χ1v) is 5.77. The minimum Gasteiger partial charge on any atom is -0.444 e. The number of carbonyl (C=O) groups excluding carboxylic acids is 1. The van der Waals surface area contributed by atoms with Gasteiger partial charge < -0.3 is 9.64 Å². The van der Waals surface area contributed by atoms with E-state index in [1.165, 1.54) is 0 Å². The van der Waals surface area contributed by atoms with E-state index >= 15 is 0 Å². The van der Waals surface area contributed by atoms with E-state index in [0.717, 1.165) is 19.5 Å². The van der Waals surface area contributed by atoms with Gasteiger partial charge in [0.1, 0.15) is 5.60 Å². The van der Waals surface area contributed by atoms with Gasteiger partial charge in [-0.1, -0.05) is 13.8 Å². The van der Waals surface area contributed by atoms with E-state index in [2.05, 4.69) is 13.8 Å². The number of piperidine rings is 1. The molecule has 1 heterocycles. The Kier molecular flexibility index (Phi) is 3.63. The molecule has 0 saturated carbocycles. The maximum Gasteiger partial charge on any atom is 0.410 e. The molecule has 0 aromatic carbocycles. The summed E-state index contributed by atoms with van der Waals surface area (Å²) in [5.74, 6) is 1.29. The van der Waals surface area contributed by atoms with Crippen molar-refractivity contribution >= 4 is 6.09 Å². The Bertz CT molecular complexity index is 232. The molecule has 2 atom stereocenters. The minimum atomic E-state index is -0.386. The number of ether oxygens (including phenoxy) is 1. The summed E-state index contributed by atoms with van der Waals surface area (Å²) in [4.78, 5) is 13.6. The normalized spacial score (nSPS) is 27.7. The molecular weight excluding hydrogens is 190 g/mol. The van der Waals surface area contributed by atoms with Crippen LogP contribution >= 0.6 is 0 Å². The van der Waals surface area contributed by atoms with Gasteiger partial charge in [-0.2, -0.15) is 0 Å². The molecule has 0 aromatic heterocycles. The van der Waals surface area contributed by atoms with E-state index in [1.807, 2.05) is 25.7 Å². The first-order chi connectivity index (χ1) is 6.79. The summed E-state index contributed by atoms with van der Waals surface area (Å²) in [6, 6.07) is 0. The summed E-state index contributed by atoms with van der Waals surface area (Å²) in [6.45, 7) is 11.8. The van der Waals surface area contributed by atoms with Gasteiger partial charge in [0.25, 0.3) is 0 Å².